The van der Waals surface area contributed by atoms with Crippen molar-refractivity contribution in [3.63, 3.8) is 0 Å². The summed E-state index contributed by atoms with van der Waals surface area (Å²) < 4.78 is 0. The zero-order valence-corrected chi connectivity index (χ0v) is 12.1. The Kier molecular flexibility index (Phi) is 4.90. The van der Waals surface area contributed by atoms with Gasteiger partial charge in [0.15, 0.2) is 0 Å². The number of carbonyl (C=O) groups excluding carboxylic acids is 1. The first-order chi connectivity index (χ1) is 10.1. The van der Waals surface area contributed by atoms with Gasteiger partial charge < -0.3 is 15.7 Å². The highest BCUT2D eigenvalue weighted by Gasteiger charge is 2.13. The number of aromatic nitrogens is 1. The number of hydrogen-bond acceptors (Lipinski definition) is 4. The van der Waals surface area contributed by atoms with Crippen LogP contribution < -0.4 is 10.6 Å². The van der Waals surface area contributed by atoms with Crippen LogP contribution in [0.5, 0.6) is 0 Å². The number of aryl methyl sites for hydroxylation is 1. The third kappa shape index (κ3) is 3.79. The summed E-state index contributed by atoms with van der Waals surface area (Å²) >= 11 is 0. The van der Waals surface area contributed by atoms with E-state index in [-0.39, 0.29) is 12.5 Å². The van der Waals surface area contributed by atoms with Crippen molar-refractivity contribution in [1.82, 2.24) is 10.3 Å². The molecular weight excluding hydrogens is 266 g/mol. The van der Waals surface area contributed by atoms with E-state index < -0.39 is 6.10 Å². The molecule has 0 fully saturated rings. The fourth-order valence-corrected chi connectivity index (χ4v) is 1.98. The third-order valence-electron chi connectivity index (χ3n) is 3.21. The molecular formula is C16H19N3O2. The largest absolute Gasteiger partial charge is 0.387 e. The summed E-state index contributed by atoms with van der Waals surface area (Å²) in [6, 6.07) is 11.0. The number of nitrogens with zero attached hydrogens (tertiary/aromatic N) is 1. The Morgan fingerprint density at radius 2 is 2.00 bits per heavy atom. The summed E-state index contributed by atoms with van der Waals surface area (Å²) in [5.74, 6) is 0.249. The molecule has 0 saturated heterocycles. The summed E-state index contributed by atoms with van der Waals surface area (Å²) in [5, 5.41) is 15.7. The molecule has 110 valence electrons. The van der Waals surface area contributed by atoms with E-state index in [0.717, 1.165) is 11.1 Å². The maximum atomic E-state index is 12.1. The lowest BCUT2D eigenvalue weighted by Crippen LogP contribution is -2.29. The van der Waals surface area contributed by atoms with Gasteiger partial charge in [0.1, 0.15) is 5.82 Å². The monoisotopic (exact) mass is 285 g/mol. The van der Waals surface area contributed by atoms with Crippen LogP contribution in [-0.2, 0) is 0 Å². The molecule has 3 N–H and O–H groups in total. The summed E-state index contributed by atoms with van der Waals surface area (Å²) in [5.41, 5.74) is 2.36. The van der Waals surface area contributed by atoms with Gasteiger partial charge in [0.25, 0.3) is 5.91 Å². The van der Waals surface area contributed by atoms with Gasteiger partial charge in [-0.1, -0.05) is 29.8 Å². The topological polar surface area (TPSA) is 74.2 Å². The van der Waals surface area contributed by atoms with Crippen LogP contribution in [0.4, 0.5) is 5.82 Å². The second-order valence-electron chi connectivity index (χ2n) is 4.79. The number of aliphatic hydroxyl groups excluding tert-OH is 1. The summed E-state index contributed by atoms with van der Waals surface area (Å²) in [7, 11) is 1.71. The van der Waals surface area contributed by atoms with Crippen molar-refractivity contribution < 1.29 is 9.90 Å². The minimum atomic E-state index is -0.732. The molecule has 0 unspecified atom stereocenters. The molecule has 2 aromatic rings. The fourth-order valence-electron chi connectivity index (χ4n) is 1.98. The molecule has 0 aliphatic heterocycles. The molecule has 0 bridgehead atoms. The Morgan fingerprint density at radius 1 is 1.29 bits per heavy atom. The maximum Gasteiger partial charge on any atom is 0.255 e. The minimum Gasteiger partial charge on any atom is -0.387 e. The number of amides is 1. The molecule has 0 saturated carbocycles. The van der Waals surface area contributed by atoms with Gasteiger partial charge in [-0.15, -0.1) is 0 Å². The Balaban J connectivity index is 1.99. The highest BCUT2D eigenvalue weighted by Crippen LogP contribution is 2.14. The van der Waals surface area contributed by atoms with Crippen LogP contribution in [0.15, 0.2) is 42.6 Å². The van der Waals surface area contributed by atoms with Crippen molar-refractivity contribution in [2.45, 2.75) is 13.0 Å². The SMILES string of the molecule is CNc1ncccc1C(=O)NC[C@H](O)c1ccc(C)cc1. The van der Waals surface area contributed by atoms with Gasteiger partial charge in [-0.3, -0.25) is 4.79 Å². The Labute approximate surface area is 124 Å². The Morgan fingerprint density at radius 3 is 2.67 bits per heavy atom. The predicted molar refractivity (Wildman–Crippen MR) is 82.3 cm³/mol. The Hall–Kier alpha value is -2.40. The van der Waals surface area contributed by atoms with Crippen LogP contribution in [-0.4, -0.2) is 29.6 Å². The number of aliphatic hydroxyl groups is 1. The molecule has 1 heterocycles. The molecule has 1 amide bonds. The smallest absolute Gasteiger partial charge is 0.255 e. The molecule has 0 aliphatic carbocycles. The van der Waals surface area contributed by atoms with Crippen LogP contribution >= 0.6 is 0 Å². The van der Waals surface area contributed by atoms with Gasteiger partial charge in [0.2, 0.25) is 0 Å². The van der Waals surface area contributed by atoms with Crippen molar-refractivity contribution in [3.05, 3.63) is 59.3 Å². The van der Waals surface area contributed by atoms with E-state index in [4.69, 9.17) is 0 Å². The van der Waals surface area contributed by atoms with Crippen LogP contribution in [0.1, 0.15) is 27.6 Å². The predicted octanol–water partition coefficient (Wildman–Crippen LogP) is 1.90. The highest BCUT2D eigenvalue weighted by molar-refractivity contribution is 5.98. The van der Waals surface area contributed by atoms with Gasteiger partial charge in [0.05, 0.1) is 11.7 Å². The van der Waals surface area contributed by atoms with Gasteiger partial charge in [-0.25, -0.2) is 4.98 Å². The average Bonchev–Trinajstić information content (AvgIpc) is 2.52. The average molecular weight is 285 g/mol. The minimum absolute atomic E-state index is 0.153. The van der Waals surface area contributed by atoms with E-state index in [9.17, 15) is 9.90 Å². The summed E-state index contributed by atoms with van der Waals surface area (Å²) in [6.07, 6.45) is 0.883. The third-order valence-corrected chi connectivity index (χ3v) is 3.21. The van der Waals surface area contributed by atoms with Gasteiger partial charge in [0, 0.05) is 19.8 Å². The van der Waals surface area contributed by atoms with Gasteiger partial charge in [-0.2, -0.15) is 0 Å². The number of benzene rings is 1. The molecule has 5 nitrogen and oxygen atoms in total. The molecule has 0 aliphatic rings. The molecule has 1 atom stereocenters. The molecule has 1 aromatic carbocycles. The summed E-state index contributed by atoms with van der Waals surface area (Å²) in [4.78, 5) is 16.2. The van der Waals surface area contributed by atoms with E-state index in [1.807, 2.05) is 31.2 Å². The highest BCUT2D eigenvalue weighted by atomic mass is 16.3. The number of anilines is 1. The first-order valence-electron chi connectivity index (χ1n) is 6.77. The van der Waals surface area contributed by atoms with Crippen molar-refractivity contribution >= 4 is 11.7 Å². The first kappa shape index (κ1) is 15.0. The van der Waals surface area contributed by atoms with E-state index in [0.29, 0.717) is 11.4 Å². The van der Waals surface area contributed by atoms with Gasteiger partial charge >= 0.3 is 0 Å². The van der Waals surface area contributed by atoms with Crippen molar-refractivity contribution in [3.8, 4) is 0 Å². The van der Waals surface area contributed by atoms with E-state index in [2.05, 4.69) is 15.6 Å². The van der Waals surface area contributed by atoms with E-state index in [1.165, 1.54) is 0 Å². The zero-order valence-electron chi connectivity index (χ0n) is 12.1. The quantitative estimate of drug-likeness (QED) is 0.784. The number of carbonyl (C=O) groups is 1. The lowest BCUT2D eigenvalue weighted by Gasteiger charge is -2.13. The first-order valence-corrected chi connectivity index (χ1v) is 6.77. The zero-order chi connectivity index (χ0) is 15.2. The number of hydrogen-bond donors (Lipinski definition) is 3. The standard InChI is InChI=1S/C16H19N3O2/c1-11-5-7-12(8-6-11)14(20)10-19-16(21)13-4-3-9-18-15(13)17-2/h3-9,14,20H,10H2,1-2H3,(H,17,18)(H,19,21)/t14-/m0/s1. The van der Waals surface area contributed by atoms with Crippen LogP contribution in [0.25, 0.3) is 0 Å². The molecule has 1 aromatic heterocycles. The van der Waals surface area contributed by atoms with Gasteiger partial charge in [-0.05, 0) is 24.6 Å². The fraction of sp³-hybridized carbons (Fsp3) is 0.250. The second-order valence-corrected chi connectivity index (χ2v) is 4.79. The molecule has 0 spiro atoms. The van der Waals surface area contributed by atoms with Crippen LogP contribution in [0.3, 0.4) is 0 Å². The second kappa shape index (κ2) is 6.85. The molecule has 0 radical (unpaired) electrons. The lowest BCUT2D eigenvalue weighted by atomic mass is 10.1. The normalized spacial score (nSPS) is 11.8. The number of nitrogens with one attached hydrogen (secondary N) is 2. The van der Waals surface area contributed by atoms with E-state index in [1.54, 1.807) is 25.4 Å². The Bertz CT molecular complexity index is 611. The van der Waals surface area contributed by atoms with Crippen molar-refractivity contribution in [1.29, 1.82) is 0 Å². The lowest BCUT2D eigenvalue weighted by molar-refractivity contribution is 0.0917. The number of rotatable bonds is 5. The summed E-state index contributed by atoms with van der Waals surface area (Å²) in [6.45, 7) is 2.14. The van der Waals surface area contributed by atoms with Crippen LogP contribution in [0.2, 0.25) is 0 Å². The van der Waals surface area contributed by atoms with Crippen molar-refractivity contribution in [2.24, 2.45) is 0 Å². The molecule has 5 heteroatoms. The van der Waals surface area contributed by atoms with Crippen LogP contribution in [0, 0.1) is 6.92 Å². The van der Waals surface area contributed by atoms with Crippen molar-refractivity contribution in [2.75, 3.05) is 18.9 Å². The number of pyridine rings is 1. The maximum absolute atomic E-state index is 12.1. The molecule has 21 heavy (non-hydrogen) atoms. The molecule has 2 rings (SSSR count). The van der Waals surface area contributed by atoms with E-state index >= 15 is 0 Å².